The highest BCUT2D eigenvalue weighted by atomic mass is 16.5. The highest BCUT2D eigenvalue weighted by Gasteiger charge is 2.33. The zero-order valence-corrected chi connectivity index (χ0v) is 9.02. The van der Waals surface area contributed by atoms with E-state index >= 15 is 0 Å². The number of rotatable bonds is 2. The standard InChI is InChI=1S/C10H16N2O4/c13-9(7-1-2-11-5-7)12-3-4-16-8(6-12)10(14)15/h7-8,11H,1-6H2,(H,14,15). The van der Waals surface area contributed by atoms with E-state index in [0.717, 1.165) is 13.0 Å². The number of ether oxygens (including phenoxy) is 1. The van der Waals surface area contributed by atoms with E-state index in [4.69, 9.17) is 9.84 Å². The molecule has 0 spiro atoms. The first-order valence-electron chi connectivity index (χ1n) is 5.52. The van der Waals surface area contributed by atoms with Gasteiger partial charge in [0.25, 0.3) is 0 Å². The Hall–Kier alpha value is -1.14. The van der Waals surface area contributed by atoms with E-state index in [0.29, 0.717) is 19.7 Å². The van der Waals surface area contributed by atoms with Crippen LogP contribution in [0.1, 0.15) is 6.42 Å². The van der Waals surface area contributed by atoms with E-state index in [9.17, 15) is 9.59 Å². The van der Waals surface area contributed by atoms with Crippen LogP contribution in [-0.4, -0.2) is 60.8 Å². The molecule has 0 aromatic carbocycles. The first-order valence-corrected chi connectivity index (χ1v) is 5.52. The maximum atomic E-state index is 12.0. The number of hydrogen-bond acceptors (Lipinski definition) is 4. The Bertz CT molecular complexity index is 289. The van der Waals surface area contributed by atoms with Crippen molar-refractivity contribution in [1.82, 2.24) is 10.2 Å². The van der Waals surface area contributed by atoms with Gasteiger partial charge in [-0.2, -0.15) is 0 Å². The summed E-state index contributed by atoms with van der Waals surface area (Å²) in [7, 11) is 0. The van der Waals surface area contributed by atoms with E-state index in [1.54, 1.807) is 4.90 Å². The van der Waals surface area contributed by atoms with Gasteiger partial charge in [-0.05, 0) is 13.0 Å². The van der Waals surface area contributed by atoms with Crippen molar-refractivity contribution >= 4 is 11.9 Å². The number of carboxylic acids is 1. The van der Waals surface area contributed by atoms with Gasteiger partial charge in [0.1, 0.15) is 0 Å². The van der Waals surface area contributed by atoms with Crippen molar-refractivity contribution < 1.29 is 19.4 Å². The smallest absolute Gasteiger partial charge is 0.334 e. The van der Waals surface area contributed by atoms with Gasteiger partial charge >= 0.3 is 5.97 Å². The molecule has 16 heavy (non-hydrogen) atoms. The summed E-state index contributed by atoms with van der Waals surface area (Å²) in [5.74, 6) is -0.936. The number of amides is 1. The monoisotopic (exact) mass is 228 g/mol. The average molecular weight is 228 g/mol. The fourth-order valence-electron chi connectivity index (χ4n) is 2.12. The van der Waals surface area contributed by atoms with Crippen LogP contribution in [-0.2, 0) is 14.3 Å². The van der Waals surface area contributed by atoms with Crippen LogP contribution in [0.15, 0.2) is 0 Å². The third-order valence-corrected chi connectivity index (χ3v) is 3.06. The first-order chi connectivity index (χ1) is 7.68. The lowest BCUT2D eigenvalue weighted by Crippen LogP contribution is -2.50. The summed E-state index contributed by atoms with van der Waals surface area (Å²) in [4.78, 5) is 24.4. The van der Waals surface area contributed by atoms with Gasteiger partial charge in [-0.3, -0.25) is 4.79 Å². The van der Waals surface area contributed by atoms with Crippen molar-refractivity contribution in [3.63, 3.8) is 0 Å². The molecule has 2 heterocycles. The summed E-state index contributed by atoms with van der Waals surface area (Å²) in [6.07, 6.45) is -0.0273. The highest BCUT2D eigenvalue weighted by Crippen LogP contribution is 2.14. The van der Waals surface area contributed by atoms with Gasteiger partial charge in [0, 0.05) is 13.1 Å². The Labute approximate surface area is 93.6 Å². The van der Waals surface area contributed by atoms with Crippen LogP contribution < -0.4 is 5.32 Å². The Kier molecular flexibility index (Phi) is 3.40. The summed E-state index contributed by atoms with van der Waals surface area (Å²) in [5, 5.41) is 12.0. The quantitative estimate of drug-likeness (QED) is 0.627. The SMILES string of the molecule is O=C(O)C1CN(C(=O)C2CCNC2)CCO1. The molecule has 2 aliphatic rings. The molecule has 0 aromatic rings. The molecule has 2 fully saturated rings. The molecule has 0 aliphatic carbocycles. The van der Waals surface area contributed by atoms with Gasteiger partial charge in [-0.1, -0.05) is 0 Å². The maximum Gasteiger partial charge on any atom is 0.334 e. The molecule has 2 atom stereocenters. The average Bonchev–Trinajstić information content (AvgIpc) is 2.81. The maximum absolute atomic E-state index is 12.0. The summed E-state index contributed by atoms with van der Waals surface area (Å²) >= 11 is 0. The Morgan fingerprint density at radius 3 is 2.88 bits per heavy atom. The molecular weight excluding hydrogens is 212 g/mol. The largest absolute Gasteiger partial charge is 0.479 e. The molecule has 0 aromatic heterocycles. The Balaban J connectivity index is 1.93. The minimum atomic E-state index is -0.998. The van der Waals surface area contributed by atoms with E-state index in [2.05, 4.69) is 5.32 Å². The predicted octanol–water partition coefficient (Wildman–Crippen LogP) is -1.09. The molecule has 6 heteroatoms. The molecule has 2 saturated heterocycles. The number of hydrogen-bond donors (Lipinski definition) is 2. The zero-order chi connectivity index (χ0) is 11.5. The van der Waals surface area contributed by atoms with Crippen LogP contribution in [0.2, 0.25) is 0 Å². The molecule has 0 saturated carbocycles. The van der Waals surface area contributed by atoms with E-state index in [1.165, 1.54) is 0 Å². The van der Waals surface area contributed by atoms with Crippen molar-refractivity contribution in [3.05, 3.63) is 0 Å². The number of carboxylic acid groups (broad SMARTS) is 1. The number of morpholine rings is 1. The number of nitrogens with one attached hydrogen (secondary N) is 1. The van der Waals surface area contributed by atoms with Crippen LogP contribution in [0.3, 0.4) is 0 Å². The summed E-state index contributed by atoms with van der Waals surface area (Å²) in [6.45, 7) is 2.55. The van der Waals surface area contributed by atoms with E-state index < -0.39 is 12.1 Å². The van der Waals surface area contributed by atoms with Crippen LogP contribution in [0.5, 0.6) is 0 Å². The molecule has 2 unspecified atom stereocenters. The lowest BCUT2D eigenvalue weighted by Gasteiger charge is -2.32. The zero-order valence-electron chi connectivity index (χ0n) is 9.02. The second-order valence-electron chi connectivity index (χ2n) is 4.17. The second kappa shape index (κ2) is 4.80. The molecule has 2 rings (SSSR count). The predicted molar refractivity (Wildman–Crippen MR) is 54.9 cm³/mol. The van der Waals surface area contributed by atoms with Crippen molar-refractivity contribution in [3.8, 4) is 0 Å². The number of carbonyl (C=O) groups is 2. The highest BCUT2D eigenvalue weighted by molar-refractivity contribution is 5.81. The van der Waals surface area contributed by atoms with Gasteiger partial charge in [-0.15, -0.1) is 0 Å². The number of carbonyl (C=O) groups excluding carboxylic acids is 1. The van der Waals surface area contributed by atoms with Gasteiger partial charge in [0.15, 0.2) is 6.10 Å². The number of aliphatic carboxylic acids is 1. The molecule has 1 amide bonds. The normalized spacial score (nSPS) is 30.4. The molecule has 0 radical (unpaired) electrons. The molecule has 6 nitrogen and oxygen atoms in total. The molecular formula is C10H16N2O4. The second-order valence-corrected chi connectivity index (χ2v) is 4.17. The topological polar surface area (TPSA) is 78.9 Å². The van der Waals surface area contributed by atoms with Crippen molar-refractivity contribution in [1.29, 1.82) is 0 Å². The van der Waals surface area contributed by atoms with E-state index in [-0.39, 0.29) is 18.4 Å². The van der Waals surface area contributed by atoms with Gasteiger partial charge < -0.3 is 20.1 Å². The Morgan fingerprint density at radius 1 is 1.44 bits per heavy atom. The third-order valence-electron chi connectivity index (χ3n) is 3.06. The van der Waals surface area contributed by atoms with Crippen molar-refractivity contribution in [2.75, 3.05) is 32.8 Å². The minimum Gasteiger partial charge on any atom is -0.479 e. The molecule has 2 N–H and O–H groups in total. The van der Waals surface area contributed by atoms with Crippen molar-refractivity contribution in [2.24, 2.45) is 5.92 Å². The fourth-order valence-corrected chi connectivity index (χ4v) is 2.12. The lowest BCUT2D eigenvalue weighted by molar-refractivity contribution is -0.160. The first kappa shape index (κ1) is 11.3. The van der Waals surface area contributed by atoms with Crippen LogP contribution in [0, 0.1) is 5.92 Å². The fraction of sp³-hybridized carbons (Fsp3) is 0.800. The third kappa shape index (κ3) is 2.33. The molecule has 0 bridgehead atoms. The number of nitrogens with zero attached hydrogens (tertiary/aromatic N) is 1. The summed E-state index contributed by atoms with van der Waals surface area (Å²) in [5.41, 5.74) is 0. The van der Waals surface area contributed by atoms with Crippen LogP contribution in [0.4, 0.5) is 0 Å². The molecule has 90 valence electrons. The van der Waals surface area contributed by atoms with Gasteiger partial charge in [0.2, 0.25) is 5.91 Å². The lowest BCUT2D eigenvalue weighted by atomic mass is 10.1. The van der Waals surface area contributed by atoms with Gasteiger partial charge in [-0.25, -0.2) is 4.79 Å². The Morgan fingerprint density at radius 2 is 2.25 bits per heavy atom. The van der Waals surface area contributed by atoms with Crippen LogP contribution >= 0.6 is 0 Å². The minimum absolute atomic E-state index is 0.00699. The van der Waals surface area contributed by atoms with Crippen LogP contribution in [0.25, 0.3) is 0 Å². The van der Waals surface area contributed by atoms with Gasteiger partial charge in [0.05, 0.1) is 19.1 Å². The summed E-state index contributed by atoms with van der Waals surface area (Å²) in [6, 6.07) is 0. The van der Waals surface area contributed by atoms with E-state index in [1.807, 2.05) is 0 Å². The van der Waals surface area contributed by atoms with Crippen molar-refractivity contribution in [2.45, 2.75) is 12.5 Å². The molecule has 2 aliphatic heterocycles. The summed E-state index contributed by atoms with van der Waals surface area (Å²) < 4.78 is 5.07.